The first-order chi connectivity index (χ1) is 12.1. The molecule has 1 amide bonds. The molecule has 0 radical (unpaired) electrons. The molecule has 3 nitrogen and oxygen atoms in total. The van der Waals surface area contributed by atoms with Crippen LogP contribution in [0.3, 0.4) is 0 Å². The average Bonchev–Trinajstić information content (AvgIpc) is 2.67. The van der Waals surface area contributed by atoms with Crippen LogP contribution >= 0.6 is 0 Å². The molecule has 2 aromatic carbocycles. The topological polar surface area (TPSA) is 33.2 Å². The van der Waals surface area contributed by atoms with E-state index < -0.39 is 5.92 Å². The quantitative estimate of drug-likeness (QED) is 0.700. The third kappa shape index (κ3) is 4.10. The normalized spacial score (nSPS) is 11.8. The molecule has 126 valence electrons. The fraction of sp³-hybridized carbons (Fsp3) is 0.143. The van der Waals surface area contributed by atoms with Gasteiger partial charge >= 0.3 is 0 Å². The van der Waals surface area contributed by atoms with E-state index in [-0.39, 0.29) is 11.7 Å². The number of aromatic nitrogens is 1. The van der Waals surface area contributed by atoms with Gasteiger partial charge in [-0.25, -0.2) is 4.39 Å². The van der Waals surface area contributed by atoms with E-state index in [0.29, 0.717) is 6.42 Å². The molecule has 0 spiro atoms. The van der Waals surface area contributed by atoms with Gasteiger partial charge in [-0.15, -0.1) is 0 Å². The zero-order valence-corrected chi connectivity index (χ0v) is 14.0. The first-order valence-corrected chi connectivity index (χ1v) is 8.13. The molecule has 0 saturated carbocycles. The minimum absolute atomic E-state index is 0.0524. The van der Waals surface area contributed by atoms with Gasteiger partial charge < -0.3 is 4.90 Å². The van der Waals surface area contributed by atoms with Crippen LogP contribution in [0.15, 0.2) is 79.0 Å². The van der Waals surface area contributed by atoms with E-state index >= 15 is 0 Å². The zero-order valence-electron chi connectivity index (χ0n) is 14.0. The second-order valence-corrected chi connectivity index (χ2v) is 5.86. The lowest BCUT2D eigenvalue weighted by Gasteiger charge is -2.24. The molecule has 0 N–H and O–H groups in total. The highest BCUT2D eigenvalue weighted by molar-refractivity contribution is 5.97. The van der Waals surface area contributed by atoms with Gasteiger partial charge in [-0.1, -0.05) is 36.4 Å². The van der Waals surface area contributed by atoms with Crippen LogP contribution in [0.5, 0.6) is 0 Å². The van der Waals surface area contributed by atoms with Gasteiger partial charge in [-0.2, -0.15) is 0 Å². The van der Waals surface area contributed by atoms with Crippen molar-refractivity contribution in [2.45, 2.75) is 12.3 Å². The molecule has 1 unspecified atom stereocenters. The van der Waals surface area contributed by atoms with Crippen molar-refractivity contribution in [3.8, 4) is 0 Å². The Morgan fingerprint density at radius 1 is 1.00 bits per heavy atom. The minimum Gasteiger partial charge on any atom is -0.315 e. The van der Waals surface area contributed by atoms with E-state index in [9.17, 15) is 9.18 Å². The van der Waals surface area contributed by atoms with E-state index in [1.165, 1.54) is 12.1 Å². The van der Waals surface area contributed by atoms with Crippen LogP contribution in [-0.2, 0) is 11.2 Å². The highest BCUT2D eigenvalue weighted by Crippen LogP contribution is 2.25. The van der Waals surface area contributed by atoms with Crippen LogP contribution in [0.4, 0.5) is 10.1 Å². The molecule has 0 bridgehead atoms. The number of nitrogens with zero attached hydrogens (tertiary/aromatic N) is 2. The van der Waals surface area contributed by atoms with E-state index in [2.05, 4.69) is 4.98 Å². The van der Waals surface area contributed by atoms with Gasteiger partial charge in [0.05, 0.1) is 5.92 Å². The zero-order chi connectivity index (χ0) is 17.6. The minimum atomic E-state index is -0.430. The van der Waals surface area contributed by atoms with E-state index in [1.54, 1.807) is 30.3 Å². The molecular weight excluding hydrogens is 315 g/mol. The van der Waals surface area contributed by atoms with Crippen LogP contribution in [0.25, 0.3) is 0 Å². The molecule has 25 heavy (non-hydrogen) atoms. The number of halogens is 1. The maximum absolute atomic E-state index is 13.3. The molecule has 1 atom stereocenters. The Morgan fingerprint density at radius 3 is 2.32 bits per heavy atom. The molecule has 3 rings (SSSR count). The van der Waals surface area contributed by atoms with Crippen LogP contribution in [0.1, 0.15) is 17.2 Å². The Labute approximate surface area is 146 Å². The van der Waals surface area contributed by atoms with Crippen molar-refractivity contribution in [1.29, 1.82) is 0 Å². The Bertz CT molecular complexity index is 820. The summed E-state index contributed by atoms with van der Waals surface area (Å²) in [6.07, 6.45) is 2.17. The highest BCUT2D eigenvalue weighted by Gasteiger charge is 2.25. The number of hydrogen-bond acceptors (Lipinski definition) is 2. The van der Waals surface area contributed by atoms with Gasteiger partial charge in [0.2, 0.25) is 5.91 Å². The summed E-state index contributed by atoms with van der Waals surface area (Å²) in [6.45, 7) is 0. The summed E-state index contributed by atoms with van der Waals surface area (Å²) in [5.74, 6) is -0.798. The number of hydrogen-bond donors (Lipinski definition) is 0. The molecule has 0 fully saturated rings. The van der Waals surface area contributed by atoms with Crippen molar-refractivity contribution in [3.63, 3.8) is 0 Å². The second-order valence-electron chi connectivity index (χ2n) is 5.86. The number of carbonyl (C=O) groups excluding carboxylic acids is 1. The summed E-state index contributed by atoms with van der Waals surface area (Å²) in [5.41, 5.74) is 2.42. The molecule has 0 aliphatic carbocycles. The largest absolute Gasteiger partial charge is 0.315 e. The summed E-state index contributed by atoms with van der Waals surface area (Å²) in [4.78, 5) is 19.1. The molecule has 1 heterocycles. The van der Waals surface area contributed by atoms with Gasteiger partial charge in [-0.05, 0) is 42.0 Å². The maximum Gasteiger partial charge on any atom is 0.234 e. The summed E-state index contributed by atoms with van der Waals surface area (Å²) in [7, 11) is 1.76. The van der Waals surface area contributed by atoms with E-state index in [0.717, 1.165) is 16.9 Å². The van der Waals surface area contributed by atoms with Crippen LogP contribution in [0.2, 0.25) is 0 Å². The third-order valence-corrected chi connectivity index (χ3v) is 4.18. The number of likely N-dealkylation sites (N-methyl/N-ethyl adjacent to an activating group) is 1. The Hall–Kier alpha value is -3.01. The summed E-state index contributed by atoms with van der Waals surface area (Å²) < 4.78 is 13.3. The fourth-order valence-electron chi connectivity index (χ4n) is 2.78. The highest BCUT2D eigenvalue weighted by atomic mass is 19.1. The molecule has 0 aliphatic rings. The average molecular weight is 334 g/mol. The standard InChI is InChI=1S/C21H19FN2O/c1-24(19-8-3-2-4-9-19)21(25)20(15-18-7-5-6-14-23-18)16-10-12-17(22)13-11-16/h2-14,20H,15H2,1H3. The SMILES string of the molecule is CN(C(=O)C(Cc1ccccn1)c1ccc(F)cc1)c1ccccc1. The summed E-state index contributed by atoms with van der Waals surface area (Å²) >= 11 is 0. The maximum atomic E-state index is 13.3. The van der Waals surface area contributed by atoms with E-state index in [1.807, 2.05) is 48.5 Å². The lowest BCUT2D eigenvalue weighted by Crippen LogP contribution is -2.32. The predicted octanol–water partition coefficient (Wildman–Crippen LogP) is 4.21. The Kier molecular flexibility index (Phi) is 5.19. The first kappa shape index (κ1) is 16.8. The summed E-state index contributed by atoms with van der Waals surface area (Å²) in [5, 5.41) is 0. The number of rotatable bonds is 5. The van der Waals surface area contributed by atoms with Gasteiger partial charge in [0, 0.05) is 31.0 Å². The Morgan fingerprint density at radius 2 is 1.68 bits per heavy atom. The van der Waals surface area contributed by atoms with Crippen molar-refractivity contribution in [2.24, 2.45) is 0 Å². The number of benzene rings is 2. The molecule has 3 aromatic rings. The monoisotopic (exact) mass is 334 g/mol. The van der Waals surface area contributed by atoms with E-state index in [4.69, 9.17) is 0 Å². The molecular formula is C21H19FN2O. The second kappa shape index (κ2) is 7.71. The number of pyridine rings is 1. The van der Waals surface area contributed by atoms with Crippen molar-refractivity contribution < 1.29 is 9.18 Å². The third-order valence-electron chi connectivity index (χ3n) is 4.18. The molecule has 1 aromatic heterocycles. The van der Waals surface area contributed by atoms with Gasteiger partial charge in [0.25, 0.3) is 0 Å². The number of para-hydroxylation sites is 1. The molecule has 0 saturated heterocycles. The predicted molar refractivity (Wildman–Crippen MR) is 96.9 cm³/mol. The fourth-order valence-corrected chi connectivity index (χ4v) is 2.78. The summed E-state index contributed by atoms with van der Waals surface area (Å²) in [6, 6.07) is 21.2. The smallest absolute Gasteiger partial charge is 0.234 e. The first-order valence-electron chi connectivity index (χ1n) is 8.13. The van der Waals surface area contributed by atoms with Crippen molar-refractivity contribution in [3.05, 3.63) is 96.1 Å². The Balaban J connectivity index is 1.92. The van der Waals surface area contributed by atoms with Gasteiger partial charge in [0.1, 0.15) is 5.82 Å². The van der Waals surface area contributed by atoms with Crippen molar-refractivity contribution >= 4 is 11.6 Å². The van der Waals surface area contributed by atoms with Crippen LogP contribution in [-0.4, -0.2) is 17.9 Å². The van der Waals surface area contributed by atoms with Crippen molar-refractivity contribution in [1.82, 2.24) is 4.98 Å². The molecule has 4 heteroatoms. The van der Waals surface area contributed by atoms with Crippen molar-refractivity contribution in [2.75, 3.05) is 11.9 Å². The lowest BCUT2D eigenvalue weighted by molar-refractivity contribution is -0.119. The number of anilines is 1. The van der Waals surface area contributed by atoms with Gasteiger partial charge in [0.15, 0.2) is 0 Å². The molecule has 0 aliphatic heterocycles. The lowest BCUT2D eigenvalue weighted by atomic mass is 9.92. The van der Waals surface area contributed by atoms with Crippen LogP contribution in [0, 0.1) is 5.82 Å². The number of carbonyl (C=O) groups is 1. The van der Waals surface area contributed by atoms with Gasteiger partial charge in [-0.3, -0.25) is 9.78 Å². The van der Waals surface area contributed by atoms with Crippen LogP contribution < -0.4 is 4.90 Å². The number of amides is 1.